The van der Waals surface area contributed by atoms with E-state index in [1.54, 1.807) is 0 Å². The molecule has 2 aliphatic rings. The Balaban J connectivity index is 1.58. The van der Waals surface area contributed by atoms with Gasteiger partial charge in [0.2, 0.25) is 0 Å². The van der Waals surface area contributed by atoms with E-state index in [0.717, 1.165) is 25.4 Å². The molecular weight excluding hydrogens is 190 g/mol. The van der Waals surface area contributed by atoms with E-state index >= 15 is 0 Å². The van der Waals surface area contributed by atoms with Gasteiger partial charge in [-0.15, -0.1) is 0 Å². The van der Waals surface area contributed by atoms with Crippen molar-refractivity contribution >= 4 is 5.97 Å². The van der Waals surface area contributed by atoms with Gasteiger partial charge in [0.15, 0.2) is 0 Å². The number of nitrogens with one attached hydrogen (secondary N) is 1. The van der Waals surface area contributed by atoms with Gasteiger partial charge in [0.05, 0.1) is 12.5 Å². The van der Waals surface area contributed by atoms with Crippen LogP contribution in [-0.2, 0) is 9.53 Å². The monoisotopic (exact) mass is 211 g/mol. The highest BCUT2D eigenvalue weighted by Gasteiger charge is 2.29. The summed E-state index contributed by atoms with van der Waals surface area (Å²) in [6, 6.07) is 0. The molecule has 0 radical (unpaired) electrons. The topological polar surface area (TPSA) is 38.3 Å². The Kier molecular flexibility index (Phi) is 3.62. The normalized spacial score (nSPS) is 24.1. The SMILES string of the molecule is CC(C(=O)OCCC1CCC1)C1CNC1. The van der Waals surface area contributed by atoms with Crippen LogP contribution < -0.4 is 5.32 Å². The minimum atomic E-state index is 0.000762. The summed E-state index contributed by atoms with van der Waals surface area (Å²) in [7, 11) is 0. The highest BCUT2D eigenvalue weighted by atomic mass is 16.5. The summed E-state index contributed by atoms with van der Waals surface area (Å²) in [5.74, 6) is 1.41. The smallest absolute Gasteiger partial charge is 0.309 e. The van der Waals surface area contributed by atoms with E-state index in [1.807, 2.05) is 6.92 Å². The summed E-state index contributed by atoms with van der Waals surface area (Å²) in [6.07, 6.45) is 5.10. The van der Waals surface area contributed by atoms with E-state index in [2.05, 4.69) is 5.32 Å². The Hall–Kier alpha value is -0.570. The van der Waals surface area contributed by atoms with E-state index < -0.39 is 0 Å². The van der Waals surface area contributed by atoms with Crippen molar-refractivity contribution in [3.63, 3.8) is 0 Å². The van der Waals surface area contributed by atoms with Crippen LogP contribution in [0, 0.1) is 17.8 Å². The van der Waals surface area contributed by atoms with Gasteiger partial charge in [-0.1, -0.05) is 26.2 Å². The molecule has 3 heteroatoms. The molecule has 1 aliphatic carbocycles. The Morgan fingerprint density at radius 3 is 2.67 bits per heavy atom. The van der Waals surface area contributed by atoms with Gasteiger partial charge >= 0.3 is 5.97 Å². The molecule has 1 unspecified atom stereocenters. The first-order valence-corrected chi connectivity index (χ1v) is 6.14. The molecule has 1 atom stereocenters. The fourth-order valence-corrected chi connectivity index (χ4v) is 2.10. The van der Waals surface area contributed by atoms with E-state index in [0.29, 0.717) is 12.5 Å². The Bertz CT molecular complexity index is 222. The molecule has 1 saturated heterocycles. The van der Waals surface area contributed by atoms with Gasteiger partial charge < -0.3 is 10.1 Å². The highest BCUT2D eigenvalue weighted by molar-refractivity contribution is 5.72. The zero-order valence-corrected chi connectivity index (χ0v) is 9.50. The van der Waals surface area contributed by atoms with Crippen LogP contribution in [0.1, 0.15) is 32.6 Å². The first-order chi connectivity index (χ1) is 7.27. The van der Waals surface area contributed by atoms with E-state index in [4.69, 9.17) is 4.74 Å². The minimum Gasteiger partial charge on any atom is -0.465 e. The predicted octanol–water partition coefficient (Wildman–Crippen LogP) is 1.58. The van der Waals surface area contributed by atoms with Gasteiger partial charge in [0.25, 0.3) is 0 Å². The van der Waals surface area contributed by atoms with Crippen molar-refractivity contribution in [1.29, 1.82) is 0 Å². The summed E-state index contributed by atoms with van der Waals surface area (Å²) in [5, 5.41) is 3.18. The van der Waals surface area contributed by atoms with Crippen molar-refractivity contribution in [2.45, 2.75) is 32.6 Å². The van der Waals surface area contributed by atoms with Crippen LogP contribution in [0.4, 0.5) is 0 Å². The van der Waals surface area contributed by atoms with Crippen LogP contribution in [0.3, 0.4) is 0 Å². The molecular formula is C12H21NO2. The van der Waals surface area contributed by atoms with Crippen molar-refractivity contribution in [2.75, 3.05) is 19.7 Å². The number of carbonyl (C=O) groups excluding carboxylic acids is 1. The summed E-state index contributed by atoms with van der Waals surface area (Å²) < 4.78 is 5.30. The Labute approximate surface area is 91.6 Å². The number of hydrogen-bond acceptors (Lipinski definition) is 3. The third-order valence-electron chi connectivity index (χ3n) is 3.89. The molecule has 0 aromatic carbocycles. The largest absolute Gasteiger partial charge is 0.465 e. The van der Waals surface area contributed by atoms with E-state index in [9.17, 15) is 4.79 Å². The Morgan fingerprint density at radius 1 is 1.47 bits per heavy atom. The van der Waals surface area contributed by atoms with E-state index in [-0.39, 0.29) is 11.9 Å². The number of carbonyl (C=O) groups is 1. The zero-order valence-electron chi connectivity index (χ0n) is 9.50. The summed E-state index contributed by atoms with van der Waals surface area (Å²) in [5.41, 5.74) is 0. The molecule has 3 nitrogen and oxygen atoms in total. The number of esters is 1. The maximum atomic E-state index is 11.6. The lowest BCUT2D eigenvalue weighted by atomic mass is 9.83. The maximum absolute atomic E-state index is 11.6. The molecule has 1 N–H and O–H groups in total. The third-order valence-corrected chi connectivity index (χ3v) is 3.89. The molecule has 1 saturated carbocycles. The van der Waals surface area contributed by atoms with Gasteiger partial charge in [-0.2, -0.15) is 0 Å². The van der Waals surface area contributed by atoms with Gasteiger partial charge in [0.1, 0.15) is 0 Å². The predicted molar refractivity (Wildman–Crippen MR) is 58.4 cm³/mol. The standard InChI is InChI=1S/C12H21NO2/c1-9(11-7-13-8-11)12(14)15-6-5-10-3-2-4-10/h9-11,13H,2-8H2,1H3. The fraction of sp³-hybridized carbons (Fsp3) is 0.917. The summed E-state index contributed by atoms with van der Waals surface area (Å²) >= 11 is 0. The molecule has 1 aliphatic heterocycles. The molecule has 0 bridgehead atoms. The molecule has 2 rings (SSSR count). The second-order valence-corrected chi connectivity index (χ2v) is 4.96. The van der Waals surface area contributed by atoms with Crippen LogP contribution >= 0.6 is 0 Å². The first kappa shape index (κ1) is 10.9. The molecule has 15 heavy (non-hydrogen) atoms. The average Bonchev–Trinajstić information content (AvgIpc) is 2.05. The van der Waals surface area contributed by atoms with Crippen molar-refractivity contribution in [2.24, 2.45) is 17.8 Å². The summed E-state index contributed by atoms with van der Waals surface area (Å²) in [4.78, 5) is 11.6. The molecule has 0 amide bonds. The quantitative estimate of drug-likeness (QED) is 0.702. The third kappa shape index (κ3) is 2.71. The second kappa shape index (κ2) is 4.97. The van der Waals surface area contributed by atoms with Gasteiger partial charge in [-0.3, -0.25) is 4.79 Å². The molecule has 0 aromatic heterocycles. The number of ether oxygens (including phenoxy) is 1. The molecule has 86 valence electrons. The molecule has 2 fully saturated rings. The highest BCUT2D eigenvalue weighted by Crippen LogP contribution is 2.29. The van der Waals surface area contributed by atoms with Gasteiger partial charge in [0, 0.05) is 0 Å². The van der Waals surface area contributed by atoms with Crippen molar-refractivity contribution in [3.05, 3.63) is 0 Å². The lowest BCUT2D eigenvalue weighted by molar-refractivity contribution is -0.151. The number of hydrogen-bond donors (Lipinski definition) is 1. The van der Waals surface area contributed by atoms with Crippen LogP contribution in [0.15, 0.2) is 0 Å². The number of rotatable bonds is 5. The minimum absolute atomic E-state index is 0.000762. The van der Waals surface area contributed by atoms with Crippen LogP contribution in [0.2, 0.25) is 0 Å². The van der Waals surface area contributed by atoms with Crippen molar-refractivity contribution in [3.8, 4) is 0 Å². The van der Waals surface area contributed by atoms with E-state index in [1.165, 1.54) is 19.3 Å². The molecule has 0 aromatic rings. The van der Waals surface area contributed by atoms with Gasteiger partial charge in [-0.25, -0.2) is 0 Å². The maximum Gasteiger partial charge on any atom is 0.309 e. The average molecular weight is 211 g/mol. The Morgan fingerprint density at radius 2 is 2.20 bits per heavy atom. The van der Waals surface area contributed by atoms with Gasteiger partial charge in [-0.05, 0) is 31.3 Å². The van der Waals surface area contributed by atoms with Crippen LogP contribution in [0.25, 0.3) is 0 Å². The lowest BCUT2D eigenvalue weighted by Gasteiger charge is -2.31. The van der Waals surface area contributed by atoms with Crippen LogP contribution in [0.5, 0.6) is 0 Å². The van der Waals surface area contributed by atoms with Crippen molar-refractivity contribution in [1.82, 2.24) is 5.32 Å². The fourth-order valence-electron chi connectivity index (χ4n) is 2.10. The zero-order chi connectivity index (χ0) is 10.7. The first-order valence-electron chi connectivity index (χ1n) is 6.14. The molecule has 0 spiro atoms. The summed E-state index contributed by atoms with van der Waals surface area (Å²) in [6.45, 7) is 4.56. The van der Waals surface area contributed by atoms with Crippen molar-refractivity contribution < 1.29 is 9.53 Å². The molecule has 1 heterocycles. The van der Waals surface area contributed by atoms with Crippen LogP contribution in [-0.4, -0.2) is 25.7 Å². The second-order valence-electron chi connectivity index (χ2n) is 4.96. The lowest BCUT2D eigenvalue weighted by Crippen LogP contribution is -2.47.